The summed E-state index contributed by atoms with van der Waals surface area (Å²) >= 11 is 4.80. The number of nitrogens with zero attached hydrogens (tertiary/aromatic N) is 1. The van der Waals surface area contributed by atoms with E-state index in [0.29, 0.717) is 4.64 Å². The zero-order valence-corrected chi connectivity index (χ0v) is 6.77. The third kappa shape index (κ3) is 1.21. The zero-order chi connectivity index (χ0) is 7.72. The highest BCUT2D eigenvalue weighted by Gasteiger charge is 2.04. The van der Waals surface area contributed by atoms with Gasteiger partial charge in [0, 0.05) is 0 Å². The highest BCUT2D eigenvalue weighted by molar-refractivity contribution is 7.71. The maximum atomic E-state index is 9.10. The van der Waals surface area contributed by atoms with Crippen LogP contribution in [0, 0.1) is 4.64 Å². The van der Waals surface area contributed by atoms with Crippen molar-refractivity contribution in [2.75, 3.05) is 0 Å². The summed E-state index contributed by atoms with van der Waals surface area (Å²) in [6, 6.07) is 1.75. The van der Waals surface area contributed by atoms with Gasteiger partial charge in [0.25, 0.3) is 0 Å². The van der Waals surface area contributed by atoms with Gasteiger partial charge in [-0.15, -0.1) is 4.85 Å². The first-order valence-electron chi connectivity index (χ1n) is 3.12. The molecule has 1 aromatic heterocycles. The minimum absolute atomic E-state index is 0.290. The molecule has 0 spiro atoms. The molecule has 0 unspecified atom stereocenters. The molecule has 0 atom stereocenters. The molecule has 0 bridgehead atoms. The van der Waals surface area contributed by atoms with Crippen LogP contribution in [0.25, 0.3) is 0 Å². The average molecular weight is 158 g/mol. The molecule has 0 saturated carbocycles. The number of rotatable bonds is 1. The van der Waals surface area contributed by atoms with Crippen LogP contribution < -0.4 is 0 Å². The lowest BCUT2D eigenvalue weighted by atomic mass is 10.1. The van der Waals surface area contributed by atoms with E-state index in [9.17, 15) is 0 Å². The van der Waals surface area contributed by atoms with Crippen LogP contribution >= 0.6 is 12.2 Å². The van der Waals surface area contributed by atoms with E-state index in [1.807, 2.05) is 13.8 Å². The Balaban J connectivity index is 3.15. The van der Waals surface area contributed by atoms with Crippen molar-refractivity contribution >= 4 is 12.2 Å². The Hall–Kier alpha value is -0.770. The van der Waals surface area contributed by atoms with E-state index >= 15 is 0 Å². The maximum absolute atomic E-state index is 9.10. The van der Waals surface area contributed by atoms with Gasteiger partial charge >= 0.3 is 0 Å². The summed E-state index contributed by atoms with van der Waals surface area (Å²) in [6.07, 6.45) is 0. The molecule has 0 saturated heterocycles. The molecule has 0 radical (unpaired) electrons. The number of nitrogens with one attached hydrogen (secondary N) is 1. The molecular formula is C6H10N2OS. The van der Waals surface area contributed by atoms with Crippen LogP contribution in [0.15, 0.2) is 6.07 Å². The summed E-state index contributed by atoms with van der Waals surface area (Å²) in [7, 11) is 0. The second kappa shape index (κ2) is 2.46. The smallest absolute Gasteiger partial charge is 0.122 e. The fourth-order valence-electron chi connectivity index (χ4n) is 0.808. The zero-order valence-electron chi connectivity index (χ0n) is 5.96. The van der Waals surface area contributed by atoms with Crippen LogP contribution in [-0.2, 0) is 0 Å². The van der Waals surface area contributed by atoms with Crippen LogP contribution in [0.5, 0.6) is 0 Å². The molecule has 2 N–H and O–H groups in total. The summed E-state index contributed by atoms with van der Waals surface area (Å²) in [6.45, 7) is 3.98. The van der Waals surface area contributed by atoms with Gasteiger partial charge < -0.3 is 5.21 Å². The first-order chi connectivity index (χ1) is 4.61. The number of aromatic nitrogens is 2. The Morgan fingerprint density at radius 2 is 2.30 bits per heavy atom. The van der Waals surface area contributed by atoms with E-state index < -0.39 is 0 Å². The van der Waals surface area contributed by atoms with Gasteiger partial charge in [0.15, 0.2) is 0 Å². The summed E-state index contributed by atoms with van der Waals surface area (Å²) in [5.74, 6) is 0.290. The molecule has 3 nitrogen and oxygen atoms in total. The molecule has 10 heavy (non-hydrogen) atoms. The summed E-state index contributed by atoms with van der Waals surface area (Å²) in [4.78, 5) is 0.965. The van der Waals surface area contributed by atoms with Gasteiger partial charge in [-0.05, 0) is 12.0 Å². The van der Waals surface area contributed by atoms with Gasteiger partial charge in [0.2, 0.25) is 0 Å². The lowest BCUT2D eigenvalue weighted by molar-refractivity contribution is 0.137. The number of H-pyrrole nitrogens is 1. The van der Waals surface area contributed by atoms with Gasteiger partial charge in [-0.1, -0.05) is 26.1 Å². The van der Waals surface area contributed by atoms with Gasteiger partial charge in [-0.25, -0.2) is 0 Å². The van der Waals surface area contributed by atoms with Gasteiger partial charge in [0.1, 0.15) is 4.64 Å². The minimum atomic E-state index is 0.290. The highest BCUT2D eigenvalue weighted by Crippen LogP contribution is 2.11. The fraction of sp³-hybridized carbons (Fsp3) is 0.500. The van der Waals surface area contributed by atoms with Crippen LogP contribution in [0.3, 0.4) is 0 Å². The number of hydrogen-bond donors (Lipinski definition) is 2. The Labute approximate surface area is 64.2 Å². The lowest BCUT2D eigenvalue weighted by Gasteiger charge is -2.01. The third-order valence-electron chi connectivity index (χ3n) is 1.33. The largest absolute Gasteiger partial charge is 0.413 e. The first-order valence-corrected chi connectivity index (χ1v) is 3.53. The predicted molar refractivity (Wildman–Crippen MR) is 40.9 cm³/mol. The highest BCUT2D eigenvalue weighted by atomic mass is 32.1. The third-order valence-corrected chi connectivity index (χ3v) is 1.54. The van der Waals surface area contributed by atoms with E-state index in [2.05, 4.69) is 5.10 Å². The molecule has 56 valence electrons. The van der Waals surface area contributed by atoms with Crippen molar-refractivity contribution in [3.8, 4) is 0 Å². The maximum Gasteiger partial charge on any atom is 0.122 e. The molecule has 1 heterocycles. The van der Waals surface area contributed by atoms with Crippen LogP contribution in [0.2, 0.25) is 0 Å². The van der Waals surface area contributed by atoms with Crippen molar-refractivity contribution in [3.63, 3.8) is 0 Å². The molecule has 0 aliphatic rings. The molecule has 0 aromatic carbocycles. The van der Waals surface area contributed by atoms with E-state index in [-0.39, 0.29) is 5.92 Å². The van der Waals surface area contributed by atoms with Crippen molar-refractivity contribution in [3.05, 3.63) is 16.4 Å². The van der Waals surface area contributed by atoms with Crippen LogP contribution in [-0.4, -0.2) is 15.2 Å². The van der Waals surface area contributed by atoms with Crippen LogP contribution in [0.1, 0.15) is 25.5 Å². The first kappa shape index (κ1) is 7.34. The van der Waals surface area contributed by atoms with Crippen LogP contribution in [0.4, 0.5) is 0 Å². The fourth-order valence-corrected chi connectivity index (χ4v) is 1.02. The van der Waals surface area contributed by atoms with Crippen molar-refractivity contribution in [1.29, 1.82) is 0 Å². The van der Waals surface area contributed by atoms with Gasteiger partial charge in [-0.2, -0.15) is 0 Å². The summed E-state index contributed by atoms with van der Waals surface area (Å²) in [5, 5.41) is 11.7. The molecule has 0 fully saturated rings. The standard InChI is InChI=1S/C6H10N2OS/c1-4(2)5-3-6(10)7-8(5)9/h3-4,9H,1-2H3,(H,7,10). The normalized spacial score (nSPS) is 10.7. The molecule has 1 rings (SSSR count). The van der Waals surface area contributed by atoms with E-state index in [0.717, 1.165) is 10.5 Å². The Bertz CT molecular complexity index is 274. The minimum Gasteiger partial charge on any atom is -0.413 e. The van der Waals surface area contributed by atoms with Gasteiger partial charge in [-0.3, -0.25) is 5.10 Å². The molecule has 1 aromatic rings. The topological polar surface area (TPSA) is 41.0 Å². The Morgan fingerprint density at radius 3 is 2.50 bits per heavy atom. The van der Waals surface area contributed by atoms with Crippen molar-refractivity contribution in [2.24, 2.45) is 0 Å². The lowest BCUT2D eigenvalue weighted by Crippen LogP contribution is -2.00. The predicted octanol–water partition coefficient (Wildman–Crippen LogP) is 1.91. The second-order valence-electron chi connectivity index (χ2n) is 2.51. The van der Waals surface area contributed by atoms with Crippen molar-refractivity contribution in [1.82, 2.24) is 9.94 Å². The monoisotopic (exact) mass is 158 g/mol. The number of hydrogen-bond acceptors (Lipinski definition) is 2. The van der Waals surface area contributed by atoms with E-state index in [1.54, 1.807) is 6.07 Å². The van der Waals surface area contributed by atoms with Crippen molar-refractivity contribution < 1.29 is 5.21 Å². The number of aromatic amines is 1. The second-order valence-corrected chi connectivity index (χ2v) is 2.95. The summed E-state index contributed by atoms with van der Waals surface area (Å²) < 4.78 is 0.561. The molecule has 0 amide bonds. The SMILES string of the molecule is CC(C)c1cc(=S)[nH]n1O. The van der Waals surface area contributed by atoms with E-state index in [1.165, 1.54) is 0 Å². The molecule has 0 aliphatic heterocycles. The molecule has 0 aliphatic carbocycles. The summed E-state index contributed by atoms with van der Waals surface area (Å²) in [5.41, 5.74) is 0.810. The Morgan fingerprint density at radius 1 is 1.70 bits per heavy atom. The Kier molecular flexibility index (Phi) is 1.80. The average Bonchev–Trinajstić information content (AvgIpc) is 2.10. The quantitative estimate of drug-likeness (QED) is 0.484. The van der Waals surface area contributed by atoms with E-state index in [4.69, 9.17) is 17.4 Å². The molecule has 4 heteroatoms. The van der Waals surface area contributed by atoms with Crippen molar-refractivity contribution in [2.45, 2.75) is 19.8 Å². The molecular weight excluding hydrogens is 148 g/mol. The van der Waals surface area contributed by atoms with Gasteiger partial charge in [0.05, 0.1) is 5.69 Å².